The summed E-state index contributed by atoms with van der Waals surface area (Å²) < 4.78 is 24.8. The van der Waals surface area contributed by atoms with Crippen LogP contribution in [-0.4, -0.2) is 17.6 Å². The van der Waals surface area contributed by atoms with Crippen LogP contribution in [0.2, 0.25) is 5.02 Å². The average Bonchev–Trinajstić information content (AvgIpc) is 3.29. The van der Waals surface area contributed by atoms with Crippen molar-refractivity contribution in [1.29, 1.82) is 0 Å². The molecule has 2 aromatic carbocycles. The summed E-state index contributed by atoms with van der Waals surface area (Å²) in [5.74, 6) is -0.0471. The Morgan fingerprint density at radius 1 is 1.06 bits per heavy atom. The monoisotopic (exact) mass is 479 g/mol. The van der Waals surface area contributed by atoms with Crippen molar-refractivity contribution in [3.05, 3.63) is 93.0 Å². The van der Waals surface area contributed by atoms with Gasteiger partial charge < -0.3 is 9.47 Å². The van der Waals surface area contributed by atoms with Gasteiger partial charge in [-0.1, -0.05) is 35.4 Å². The number of rotatable bonds is 7. The molecule has 0 bridgehead atoms. The zero-order valence-electron chi connectivity index (χ0n) is 19.6. The van der Waals surface area contributed by atoms with E-state index in [1.807, 2.05) is 38.1 Å². The third kappa shape index (κ3) is 5.15. The lowest BCUT2D eigenvalue weighted by Gasteiger charge is -2.16. The van der Waals surface area contributed by atoms with Gasteiger partial charge in [-0.25, -0.2) is 14.2 Å². The van der Waals surface area contributed by atoms with E-state index >= 15 is 0 Å². The second kappa shape index (κ2) is 10.4. The maximum absolute atomic E-state index is 13.4. The van der Waals surface area contributed by atoms with Gasteiger partial charge in [0.1, 0.15) is 18.2 Å². The van der Waals surface area contributed by atoms with Gasteiger partial charge in [-0.3, -0.25) is 0 Å². The van der Waals surface area contributed by atoms with Crippen LogP contribution in [0.3, 0.4) is 0 Å². The minimum atomic E-state index is -0.405. The third-order valence-electron chi connectivity index (χ3n) is 5.95. The number of aryl methyl sites for hydroxylation is 2. The van der Waals surface area contributed by atoms with Gasteiger partial charge >= 0.3 is 5.97 Å². The van der Waals surface area contributed by atoms with Gasteiger partial charge in [0.25, 0.3) is 0 Å². The number of nitrogens with zero attached hydrogens (tertiary/aromatic N) is 1. The van der Waals surface area contributed by atoms with Crippen molar-refractivity contribution < 1.29 is 18.7 Å². The fourth-order valence-electron chi connectivity index (χ4n) is 4.23. The Bertz CT molecular complexity index is 1270. The lowest BCUT2D eigenvalue weighted by atomic mass is 9.97. The molecule has 6 heteroatoms. The summed E-state index contributed by atoms with van der Waals surface area (Å²) in [6.45, 7) is 6.23. The predicted octanol–water partition coefficient (Wildman–Crippen LogP) is 7.34. The van der Waals surface area contributed by atoms with Crippen LogP contribution in [0.4, 0.5) is 4.39 Å². The van der Waals surface area contributed by atoms with Gasteiger partial charge in [-0.15, -0.1) is 0 Å². The summed E-state index contributed by atoms with van der Waals surface area (Å²) in [6.07, 6.45) is 2.74. The Morgan fingerprint density at radius 3 is 2.62 bits per heavy atom. The Morgan fingerprint density at radius 2 is 1.85 bits per heavy atom. The van der Waals surface area contributed by atoms with Gasteiger partial charge in [0, 0.05) is 11.1 Å². The van der Waals surface area contributed by atoms with E-state index in [0.29, 0.717) is 17.3 Å². The Balaban J connectivity index is 1.71. The number of hydrogen-bond acceptors (Lipinski definition) is 4. The zero-order valence-corrected chi connectivity index (χ0v) is 20.3. The van der Waals surface area contributed by atoms with Crippen LogP contribution in [0, 0.1) is 19.7 Å². The van der Waals surface area contributed by atoms with Crippen molar-refractivity contribution in [2.75, 3.05) is 6.61 Å². The lowest BCUT2D eigenvalue weighted by molar-refractivity contribution is 0.0518. The number of esters is 1. The molecule has 0 radical (unpaired) electrons. The number of ether oxygens (including phenoxy) is 2. The topological polar surface area (TPSA) is 48.4 Å². The van der Waals surface area contributed by atoms with E-state index in [-0.39, 0.29) is 12.4 Å². The maximum Gasteiger partial charge on any atom is 0.357 e. The van der Waals surface area contributed by atoms with E-state index in [4.69, 9.17) is 21.1 Å². The van der Waals surface area contributed by atoms with E-state index in [0.717, 1.165) is 64.1 Å². The number of carbonyl (C=O) groups is 1. The quantitative estimate of drug-likeness (QED) is 0.332. The number of pyridine rings is 1. The summed E-state index contributed by atoms with van der Waals surface area (Å²) >= 11 is 6.19. The molecule has 1 aromatic heterocycles. The normalized spacial score (nSPS) is 13.3. The van der Waals surface area contributed by atoms with E-state index < -0.39 is 5.97 Å². The van der Waals surface area contributed by atoms with E-state index in [1.54, 1.807) is 13.0 Å². The van der Waals surface area contributed by atoms with Gasteiger partial charge in [-0.05, 0) is 87.1 Å². The summed E-state index contributed by atoms with van der Waals surface area (Å²) in [5, 5.41) is 0.338. The molecule has 0 atom stereocenters. The van der Waals surface area contributed by atoms with Gasteiger partial charge in [0.15, 0.2) is 5.69 Å². The van der Waals surface area contributed by atoms with Gasteiger partial charge in [0.2, 0.25) is 0 Å². The first-order valence-corrected chi connectivity index (χ1v) is 11.8. The van der Waals surface area contributed by atoms with Crippen LogP contribution >= 0.6 is 11.6 Å². The molecule has 176 valence electrons. The van der Waals surface area contributed by atoms with Crippen molar-refractivity contribution in [3.8, 4) is 5.75 Å². The molecule has 4 nitrogen and oxygen atoms in total. The highest BCUT2D eigenvalue weighted by atomic mass is 35.5. The number of carbonyl (C=O) groups excluding carboxylic acids is 1. The van der Waals surface area contributed by atoms with Crippen molar-refractivity contribution in [1.82, 2.24) is 4.98 Å². The fourth-order valence-corrected chi connectivity index (χ4v) is 4.45. The Labute approximate surface area is 204 Å². The molecule has 0 saturated heterocycles. The number of halogens is 2. The molecular weight excluding hydrogens is 453 g/mol. The third-order valence-corrected chi connectivity index (χ3v) is 6.30. The first kappa shape index (κ1) is 24.0. The molecule has 0 fully saturated rings. The van der Waals surface area contributed by atoms with E-state index in [2.05, 4.69) is 11.1 Å². The molecular formula is C28H27ClFNO3. The highest BCUT2D eigenvalue weighted by Gasteiger charge is 2.23. The minimum Gasteiger partial charge on any atom is -0.488 e. The molecule has 1 heterocycles. The number of aromatic nitrogens is 1. The highest BCUT2D eigenvalue weighted by molar-refractivity contribution is 6.31. The number of allylic oxidation sites excluding steroid dienone is 2. The van der Waals surface area contributed by atoms with Crippen LogP contribution in [0.1, 0.15) is 64.6 Å². The molecule has 34 heavy (non-hydrogen) atoms. The summed E-state index contributed by atoms with van der Waals surface area (Å²) in [5.41, 5.74) is 7.04. The molecule has 3 aromatic rings. The van der Waals surface area contributed by atoms with Crippen molar-refractivity contribution >= 4 is 28.7 Å². The molecule has 0 spiro atoms. The molecule has 4 rings (SSSR count). The average molecular weight is 480 g/mol. The maximum atomic E-state index is 13.4. The van der Waals surface area contributed by atoms with Gasteiger partial charge in [-0.2, -0.15) is 0 Å². The van der Waals surface area contributed by atoms with Crippen LogP contribution in [0.15, 0.2) is 48.5 Å². The van der Waals surface area contributed by atoms with Crippen LogP contribution in [-0.2, 0) is 11.3 Å². The molecule has 0 unspecified atom stereocenters. The molecule has 0 aliphatic heterocycles. The van der Waals surface area contributed by atoms with Crippen molar-refractivity contribution in [2.45, 2.75) is 46.6 Å². The van der Waals surface area contributed by atoms with Crippen molar-refractivity contribution in [2.24, 2.45) is 0 Å². The molecule has 1 aliphatic carbocycles. The van der Waals surface area contributed by atoms with Gasteiger partial charge in [0.05, 0.1) is 17.3 Å². The molecule has 1 aliphatic rings. The highest BCUT2D eigenvalue weighted by Crippen LogP contribution is 2.43. The van der Waals surface area contributed by atoms with E-state index in [1.165, 1.54) is 12.1 Å². The van der Waals surface area contributed by atoms with Crippen LogP contribution in [0.25, 0.3) is 11.1 Å². The number of benzene rings is 2. The Kier molecular flexibility index (Phi) is 7.32. The summed E-state index contributed by atoms with van der Waals surface area (Å²) in [7, 11) is 0. The second-order valence-electron chi connectivity index (χ2n) is 8.42. The van der Waals surface area contributed by atoms with Crippen LogP contribution < -0.4 is 4.74 Å². The number of hydrogen-bond donors (Lipinski definition) is 0. The standard InChI is InChI=1S/C28H27ClFNO3/c1-4-33-28(32)27-18(3)9-12-25(31-27)22-7-5-6-21(22)23-14-17(2)8-13-26(23)34-16-19-10-11-20(30)15-24(19)29/h8-15H,4-7,16H2,1-3H3. The van der Waals surface area contributed by atoms with Crippen LogP contribution in [0.5, 0.6) is 5.75 Å². The zero-order chi connectivity index (χ0) is 24.2. The SMILES string of the molecule is CCOC(=O)c1nc(C2=C(c3cc(C)ccc3OCc3ccc(F)cc3Cl)CCC2)ccc1C. The second-order valence-corrected chi connectivity index (χ2v) is 8.82. The lowest BCUT2D eigenvalue weighted by Crippen LogP contribution is -2.10. The summed E-state index contributed by atoms with van der Waals surface area (Å²) in [6, 6.07) is 14.3. The largest absolute Gasteiger partial charge is 0.488 e. The molecule has 0 amide bonds. The van der Waals surface area contributed by atoms with E-state index in [9.17, 15) is 9.18 Å². The first-order valence-electron chi connectivity index (χ1n) is 11.4. The van der Waals surface area contributed by atoms with Crippen molar-refractivity contribution in [3.63, 3.8) is 0 Å². The molecule has 0 N–H and O–H groups in total. The first-order chi connectivity index (χ1) is 16.4. The smallest absolute Gasteiger partial charge is 0.357 e. The molecule has 0 saturated carbocycles. The minimum absolute atomic E-state index is 0.230. The predicted molar refractivity (Wildman–Crippen MR) is 133 cm³/mol. The summed E-state index contributed by atoms with van der Waals surface area (Å²) in [4.78, 5) is 17.1. The fraction of sp³-hybridized carbons (Fsp3) is 0.286. The Hall–Kier alpha value is -3.18.